The van der Waals surface area contributed by atoms with Gasteiger partial charge in [0, 0.05) is 24.2 Å². The average molecular weight is 478 g/mol. The molecule has 0 saturated carbocycles. The third kappa shape index (κ3) is 5.32. The van der Waals surface area contributed by atoms with Crippen LogP contribution in [-0.2, 0) is 17.4 Å². The highest BCUT2D eigenvalue weighted by atomic mass is 19.4. The summed E-state index contributed by atoms with van der Waals surface area (Å²) in [5, 5.41) is 12.5. The number of rotatable bonds is 9. The number of aryl methyl sites for hydroxylation is 1. The van der Waals surface area contributed by atoms with E-state index in [2.05, 4.69) is 9.68 Å². The molecular weight excluding hydrogens is 453 g/mol. The van der Waals surface area contributed by atoms with Gasteiger partial charge in [-0.15, -0.1) is 0 Å². The lowest BCUT2D eigenvalue weighted by Gasteiger charge is -2.22. The van der Waals surface area contributed by atoms with Gasteiger partial charge < -0.3 is 19.3 Å². The van der Waals surface area contributed by atoms with Gasteiger partial charge in [-0.05, 0) is 49.2 Å². The van der Waals surface area contributed by atoms with Crippen molar-refractivity contribution in [2.24, 2.45) is 5.92 Å². The molecule has 1 unspecified atom stereocenters. The van der Waals surface area contributed by atoms with E-state index in [1.165, 1.54) is 29.2 Å². The fourth-order valence-electron chi connectivity index (χ4n) is 3.63. The molecule has 182 valence electrons. The third-order valence-electron chi connectivity index (χ3n) is 5.53. The summed E-state index contributed by atoms with van der Waals surface area (Å²) in [6, 6.07) is 8.73. The number of hydrogen-bond donors (Lipinski definition) is 1. The first-order valence-electron chi connectivity index (χ1n) is 10.8. The molecule has 1 atom stereocenters. The van der Waals surface area contributed by atoms with Gasteiger partial charge in [0.15, 0.2) is 0 Å². The van der Waals surface area contributed by atoms with E-state index in [4.69, 9.17) is 9.84 Å². The van der Waals surface area contributed by atoms with Crippen LogP contribution < -0.4 is 9.64 Å². The van der Waals surface area contributed by atoms with E-state index in [9.17, 15) is 22.8 Å². The number of aromatic nitrogens is 1. The molecule has 0 aliphatic carbocycles. The molecule has 0 aliphatic rings. The van der Waals surface area contributed by atoms with E-state index < -0.39 is 23.8 Å². The molecule has 1 amide bonds. The molecule has 0 spiro atoms. The van der Waals surface area contributed by atoms with Crippen LogP contribution >= 0.6 is 0 Å². The minimum Gasteiger partial charge on any atom is -0.493 e. The van der Waals surface area contributed by atoms with Crippen LogP contribution in [0.1, 0.15) is 48.4 Å². The fourth-order valence-corrected chi connectivity index (χ4v) is 3.63. The number of carbonyl (C=O) groups is 2. The van der Waals surface area contributed by atoms with Crippen LogP contribution in [0.15, 0.2) is 40.9 Å². The number of carbonyl (C=O) groups excluding carboxylic acids is 1. The van der Waals surface area contributed by atoms with Crippen molar-refractivity contribution in [3.05, 3.63) is 53.3 Å². The maximum Gasteiger partial charge on any atom is 0.453 e. The maximum atomic E-state index is 13.2. The van der Waals surface area contributed by atoms with E-state index in [0.29, 0.717) is 36.3 Å². The zero-order chi connectivity index (χ0) is 25.0. The SMILES string of the molecule is CCCc1c(OCCC(C)C(=O)N(C)c2ccc(C(=O)O)cc2)ccc2c(C(F)(F)F)onc12. The Morgan fingerprint density at radius 3 is 2.44 bits per heavy atom. The summed E-state index contributed by atoms with van der Waals surface area (Å²) in [7, 11) is 1.60. The number of halogens is 3. The summed E-state index contributed by atoms with van der Waals surface area (Å²) < 4.78 is 49.9. The average Bonchev–Trinajstić information content (AvgIpc) is 3.24. The molecule has 34 heavy (non-hydrogen) atoms. The molecule has 7 nitrogen and oxygen atoms in total. The molecule has 0 bridgehead atoms. The Morgan fingerprint density at radius 1 is 1.18 bits per heavy atom. The minimum atomic E-state index is -4.64. The standard InChI is InChI=1S/C24H25F3N2O5/c1-4-5-17-19(11-10-18-20(17)28-34-21(18)24(25,26)27)33-13-12-14(2)22(30)29(3)16-8-6-15(7-9-16)23(31)32/h6-11,14H,4-5,12-13H2,1-3H3,(H,31,32). The van der Waals surface area contributed by atoms with Crippen molar-refractivity contribution < 1.29 is 37.1 Å². The van der Waals surface area contributed by atoms with Gasteiger partial charge in [0.2, 0.25) is 11.7 Å². The van der Waals surface area contributed by atoms with Gasteiger partial charge >= 0.3 is 12.1 Å². The lowest BCUT2D eigenvalue weighted by atomic mass is 10.0. The summed E-state index contributed by atoms with van der Waals surface area (Å²) >= 11 is 0. The minimum absolute atomic E-state index is 0.109. The Balaban J connectivity index is 1.68. The Morgan fingerprint density at radius 2 is 1.85 bits per heavy atom. The molecule has 0 fully saturated rings. The van der Waals surface area contributed by atoms with E-state index in [-0.39, 0.29) is 29.0 Å². The highest BCUT2D eigenvalue weighted by molar-refractivity contribution is 5.95. The quantitative estimate of drug-likeness (QED) is 0.433. The number of carboxylic acid groups (broad SMARTS) is 1. The van der Waals surface area contributed by atoms with Crippen LogP contribution in [0.25, 0.3) is 10.9 Å². The van der Waals surface area contributed by atoms with Crippen molar-refractivity contribution in [1.29, 1.82) is 0 Å². The maximum absolute atomic E-state index is 13.2. The summed E-state index contributed by atoms with van der Waals surface area (Å²) in [5.74, 6) is -2.36. The molecule has 1 N–H and O–H groups in total. The van der Waals surface area contributed by atoms with Gasteiger partial charge in [-0.2, -0.15) is 13.2 Å². The van der Waals surface area contributed by atoms with Crippen molar-refractivity contribution >= 4 is 28.5 Å². The Kier molecular flexibility index (Phi) is 7.48. The van der Waals surface area contributed by atoms with Gasteiger partial charge in [-0.25, -0.2) is 4.79 Å². The van der Waals surface area contributed by atoms with Gasteiger partial charge in [0.1, 0.15) is 11.3 Å². The number of benzene rings is 2. The van der Waals surface area contributed by atoms with Gasteiger partial charge in [0.05, 0.1) is 17.6 Å². The monoisotopic (exact) mass is 478 g/mol. The molecule has 2 aromatic carbocycles. The van der Waals surface area contributed by atoms with Crippen LogP contribution in [0.4, 0.5) is 18.9 Å². The van der Waals surface area contributed by atoms with E-state index in [1.807, 2.05) is 6.92 Å². The number of fused-ring (bicyclic) bond motifs is 1. The predicted octanol–water partition coefficient (Wildman–Crippen LogP) is 5.57. The summed E-state index contributed by atoms with van der Waals surface area (Å²) in [5.41, 5.74) is 1.35. The lowest BCUT2D eigenvalue weighted by Crippen LogP contribution is -2.32. The first-order chi connectivity index (χ1) is 16.0. The van der Waals surface area contributed by atoms with Crippen molar-refractivity contribution in [2.45, 2.75) is 39.3 Å². The summed E-state index contributed by atoms with van der Waals surface area (Å²) in [6.45, 7) is 3.81. The Bertz CT molecular complexity index is 1170. The molecule has 3 rings (SSSR count). The van der Waals surface area contributed by atoms with Crippen LogP contribution in [0.2, 0.25) is 0 Å². The van der Waals surface area contributed by atoms with Crippen molar-refractivity contribution in [3.63, 3.8) is 0 Å². The second-order valence-electron chi connectivity index (χ2n) is 7.99. The van der Waals surface area contributed by atoms with Crippen molar-refractivity contribution in [3.8, 4) is 5.75 Å². The van der Waals surface area contributed by atoms with Crippen LogP contribution in [0, 0.1) is 5.92 Å². The number of amides is 1. The fraction of sp³-hybridized carbons (Fsp3) is 0.375. The smallest absolute Gasteiger partial charge is 0.453 e. The highest BCUT2D eigenvalue weighted by Gasteiger charge is 2.38. The number of aromatic carboxylic acids is 1. The number of carboxylic acids is 1. The topological polar surface area (TPSA) is 92.9 Å². The van der Waals surface area contributed by atoms with Crippen LogP contribution in [-0.4, -0.2) is 35.8 Å². The third-order valence-corrected chi connectivity index (χ3v) is 5.53. The largest absolute Gasteiger partial charge is 0.493 e. The molecule has 1 heterocycles. The van der Waals surface area contributed by atoms with Crippen LogP contribution in [0.5, 0.6) is 5.75 Å². The Labute approximate surface area is 194 Å². The van der Waals surface area contributed by atoms with Crippen molar-refractivity contribution in [1.82, 2.24) is 5.16 Å². The van der Waals surface area contributed by atoms with Crippen molar-refractivity contribution in [2.75, 3.05) is 18.6 Å². The Hall–Kier alpha value is -3.56. The first-order valence-corrected chi connectivity index (χ1v) is 10.8. The van der Waals surface area contributed by atoms with E-state index in [1.54, 1.807) is 26.1 Å². The van der Waals surface area contributed by atoms with Gasteiger partial charge in [-0.3, -0.25) is 4.79 Å². The van der Waals surface area contributed by atoms with Gasteiger partial charge in [0.25, 0.3) is 0 Å². The normalized spacial score (nSPS) is 12.5. The van der Waals surface area contributed by atoms with E-state index >= 15 is 0 Å². The number of anilines is 1. The molecule has 10 heteroatoms. The number of hydrogen-bond acceptors (Lipinski definition) is 5. The van der Waals surface area contributed by atoms with Crippen LogP contribution in [0.3, 0.4) is 0 Å². The second-order valence-corrected chi connectivity index (χ2v) is 7.99. The zero-order valence-corrected chi connectivity index (χ0v) is 19.0. The molecule has 1 aromatic heterocycles. The summed E-state index contributed by atoms with van der Waals surface area (Å²) in [4.78, 5) is 25.2. The molecular formula is C24H25F3N2O5. The molecule has 0 radical (unpaired) electrons. The van der Waals surface area contributed by atoms with Gasteiger partial charge in [-0.1, -0.05) is 25.4 Å². The second kappa shape index (κ2) is 10.1. The zero-order valence-electron chi connectivity index (χ0n) is 19.0. The lowest BCUT2D eigenvalue weighted by molar-refractivity contribution is -0.154. The molecule has 0 aliphatic heterocycles. The molecule has 0 saturated heterocycles. The summed E-state index contributed by atoms with van der Waals surface area (Å²) in [6.07, 6.45) is -3.15. The van der Waals surface area contributed by atoms with E-state index in [0.717, 1.165) is 0 Å². The highest BCUT2D eigenvalue weighted by Crippen LogP contribution is 2.38. The first kappa shape index (κ1) is 25.1. The number of ether oxygens (including phenoxy) is 1. The predicted molar refractivity (Wildman–Crippen MR) is 119 cm³/mol. The number of alkyl halides is 3. The number of nitrogens with zero attached hydrogens (tertiary/aromatic N) is 2. The molecule has 3 aromatic rings.